The Balaban J connectivity index is 1.78. The highest BCUT2D eigenvalue weighted by atomic mass is 35.5. The number of hydrogen-bond donors (Lipinski definition) is 1. The minimum atomic E-state index is -0.173. The molecule has 2 aromatic carbocycles. The monoisotopic (exact) mass is 392 g/mol. The lowest BCUT2D eigenvalue weighted by Crippen LogP contribution is -2.41. The van der Waals surface area contributed by atoms with E-state index >= 15 is 0 Å². The minimum Gasteiger partial charge on any atom is -0.354 e. The van der Waals surface area contributed by atoms with Crippen molar-refractivity contribution in [3.63, 3.8) is 0 Å². The zero-order valence-electron chi connectivity index (χ0n) is 14.7. The Morgan fingerprint density at radius 1 is 0.962 bits per heavy atom. The summed E-state index contributed by atoms with van der Waals surface area (Å²) in [5.74, 6) is -0.301. The summed E-state index contributed by atoms with van der Waals surface area (Å²) in [6.45, 7) is 2.49. The smallest absolute Gasteiger partial charge is 0.239 e. The second-order valence-electron chi connectivity index (χ2n) is 6.05. The summed E-state index contributed by atoms with van der Waals surface area (Å²) in [5, 5.41) is 4.19. The molecule has 0 spiro atoms. The lowest BCUT2D eigenvalue weighted by Gasteiger charge is -2.20. The number of nitrogens with one attached hydrogen (secondary N) is 1. The standard InChI is InChI=1S/C20H22Cl2N2O2/c1-15(25)24(11-9-17-5-3-7-19(22)13-17)14-20(26)23-10-8-16-4-2-6-18(21)12-16/h2-7,12-13H,8-11,14H2,1H3,(H,23,26). The van der Waals surface area contributed by atoms with E-state index in [-0.39, 0.29) is 18.4 Å². The van der Waals surface area contributed by atoms with E-state index < -0.39 is 0 Å². The molecule has 2 rings (SSSR count). The number of benzene rings is 2. The Labute approximate surface area is 164 Å². The molecule has 0 heterocycles. The second kappa shape index (κ2) is 10.2. The molecule has 0 aromatic heterocycles. The number of hydrogen-bond acceptors (Lipinski definition) is 2. The van der Waals surface area contributed by atoms with Gasteiger partial charge in [-0.25, -0.2) is 0 Å². The molecule has 4 nitrogen and oxygen atoms in total. The first kappa shape index (κ1) is 20.3. The topological polar surface area (TPSA) is 49.4 Å². The lowest BCUT2D eigenvalue weighted by molar-refractivity contribution is -0.134. The van der Waals surface area contributed by atoms with Gasteiger partial charge in [0.2, 0.25) is 11.8 Å². The Bertz CT molecular complexity index is 765. The first-order valence-electron chi connectivity index (χ1n) is 8.45. The van der Waals surface area contributed by atoms with Crippen LogP contribution in [0.5, 0.6) is 0 Å². The van der Waals surface area contributed by atoms with Gasteiger partial charge in [0.15, 0.2) is 0 Å². The van der Waals surface area contributed by atoms with Crippen molar-refractivity contribution in [1.29, 1.82) is 0 Å². The largest absolute Gasteiger partial charge is 0.354 e. The molecule has 6 heteroatoms. The van der Waals surface area contributed by atoms with Crippen molar-refractivity contribution in [3.8, 4) is 0 Å². The highest BCUT2D eigenvalue weighted by molar-refractivity contribution is 6.30. The predicted octanol–water partition coefficient (Wildman–Crippen LogP) is 3.74. The van der Waals surface area contributed by atoms with E-state index in [2.05, 4.69) is 5.32 Å². The van der Waals surface area contributed by atoms with Crippen molar-refractivity contribution in [3.05, 3.63) is 69.7 Å². The van der Waals surface area contributed by atoms with Crippen molar-refractivity contribution in [2.45, 2.75) is 19.8 Å². The molecule has 138 valence electrons. The summed E-state index contributed by atoms with van der Waals surface area (Å²) >= 11 is 11.9. The summed E-state index contributed by atoms with van der Waals surface area (Å²) in [5.41, 5.74) is 2.09. The molecule has 0 atom stereocenters. The van der Waals surface area contributed by atoms with E-state index in [9.17, 15) is 9.59 Å². The maximum atomic E-state index is 12.1. The Morgan fingerprint density at radius 2 is 1.54 bits per heavy atom. The van der Waals surface area contributed by atoms with Gasteiger partial charge in [0.05, 0.1) is 6.54 Å². The maximum Gasteiger partial charge on any atom is 0.239 e. The summed E-state index contributed by atoms with van der Waals surface area (Å²) in [4.78, 5) is 25.5. The SMILES string of the molecule is CC(=O)N(CCc1cccc(Cl)c1)CC(=O)NCCc1cccc(Cl)c1. The molecular weight excluding hydrogens is 371 g/mol. The molecule has 26 heavy (non-hydrogen) atoms. The molecule has 1 N–H and O–H groups in total. The van der Waals surface area contributed by atoms with Crippen LogP contribution in [0.15, 0.2) is 48.5 Å². The van der Waals surface area contributed by atoms with Gasteiger partial charge in [-0.2, -0.15) is 0 Å². The molecule has 0 bridgehead atoms. The fraction of sp³-hybridized carbons (Fsp3) is 0.300. The number of halogens is 2. The van der Waals surface area contributed by atoms with Gasteiger partial charge >= 0.3 is 0 Å². The number of rotatable bonds is 8. The number of carbonyl (C=O) groups is 2. The van der Waals surface area contributed by atoms with Crippen LogP contribution >= 0.6 is 23.2 Å². The third kappa shape index (κ3) is 7.06. The molecule has 0 aliphatic carbocycles. The quantitative estimate of drug-likeness (QED) is 0.743. The van der Waals surface area contributed by atoms with Crippen molar-refractivity contribution in [2.75, 3.05) is 19.6 Å². The van der Waals surface area contributed by atoms with Gasteiger partial charge < -0.3 is 10.2 Å². The molecule has 2 aromatic rings. The molecule has 0 radical (unpaired) electrons. The van der Waals surface area contributed by atoms with Crippen LogP contribution in [0.4, 0.5) is 0 Å². The molecule has 0 unspecified atom stereocenters. The van der Waals surface area contributed by atoms with Gasteiger partial charge in [0.1, 0.15) is 0 Å². The van der Waals surface area contributed by atoms with Crippen LogP contribution in [0.2, 0.25) is 10.0 Å². The van der Waals surface area contributed by atoms with Gasteiger partial charge in [-0.15, -0.1) is 0 Å². The minimum absolute atomic E-state index is 0.0471. The van der Waals surface area contributed by atoms with E-state index in [0.29, 0.717) is 36.0 Å². The van der Waals surface area contributed by atoms with E-state index in [0.717, 1.165) is 11.1 Å². The molecular formula is C20H22Cl2N2O2. The maximum absolute atomic E-state index is 12.1. The Hall–Kier alpha value is -2.04. The molecule has 0 fully saturated rings. The van der Waals surface area contributed by atoms with Gasteiger partial charge in [-0.3, -0.25) is 9.59 Å². The van der Waals surface area contributed by atoms with Crippen LogP contribution in [-0.2, 0) is 22.4 Å². The molecule has 2 amide bonds. The Kier molecular flexibility index (Phi) is 7.95. The van der Waals surface area contributed by atoms with Gasteiger partial charge in [-0.1, -0.05) is 47.5 Å². The number of nitrogens with zero attached hydrogens (tertiary/aromatic N) is 1. The van der Waals surface area contributed by atoms with Crippen LogP contribution in [0.25, 0.3) is 0 Å². The van der Waals surface area contributed by atoms with Crippen LogP contribution in [-0.4, -0.2) is 36.3 Å². The highest BCUT2D eigenvalue weighted by Gasteiger charge is 2.13. The highest BCUT2D eigenvalue weighted by Crippen LogP contribution is 2.12. The van der Waals surface area contributed by atoms with Crippen molar-refractivity contribution < 1.29 is 9.59 Å². The third-order valence-corrected chi connectivity index (χ3v) is 4.43. The molecule has 0 saturated carbocycles. The molecule has 0 saturated heterocycles. The second-order valence-corrected chi connectivity index (χ2v) is 6.92. The average Bonchev–Trinajstić information content (AvgIpc) is 2.58. The van der Waals surface area contributed by atoms with Crippen molar-refractivity contribution in [1.82, 2.24) is 10.2 Å². The fourth-order valence-corrected chi connectivity index (χ4v) is 3.00. The van der Waals surface area contributed by atoms with E-state index in [4.69, 9.17) is 23.2 Å². The first-order chi connectivity index (χ1) is 12.4. The third-order valence-electron chi connectivity index (χ3n) is 3.96. The average molecular weight is 393 g/mol. The van der Waals surface area contributed by atoms with Gasteiger partial charge in [-0.05, 0) is 48.2 Å². The molecule has 0 aliphatic heterocycles. The van der Waals surface area contributed by atoms with Crippen LogP contribution in [0, 0.1) is 0 Å². The number of carbonyl (C=O) groups excluding carboxylic acids is 2. The Morgan fingerprint density at radius 3 is 2.08 bits per heavy atom. The predicted molar refractivity (Wildman–Crippen MR) is 106 cm³/mol. The van der Waals surface area contributed by atoms with Gasteiger partial charge in [0, 0.05) is 30.1 Å². The van der Waals surface area contributed by atoms with Crippen LogP contribution in [0.3, 0.4) is 0 Å². The van der Waals surface area contributed by atoms with E-state index in [1.807, 2.05) is 42.5 Å². The summed E-state index contributed by atoms with van der Waals surface area (Å²) in [6.07, 6.45) is 1.34. The lowest BCUT2D eigenvalue weighted by atomic mass is 10.1. The van der Waals surface area contributed by atoms with Crippen molar-refractivity contribution in [2.24, 2.45) is 0 Å². The van der Waals surface area contributed by atoms with Crippen molar-refractivity contribution >= 4 is 35.0 Å². The summed E-state index contributed by atoms with van der Waals surface area (Å²) in [6, 6.07) is 15.0. The van der Waals surface area contributed by atoms with Gasteiger partial charge in [0.25, 0.3) is 0 Å². The number of amides is 2. The van der Waals surface area contributed by atoms with Crippen LogP contribution in [0.1, 0.15) is 18.1 Å². The summed E-state index contributed by atoms with van der Waals surface area (Å²) < 4.78 is 0. The normalized spacial score (nSPS) is 10.4. The van der Waals surface area contributed by atoms with Crippen LogP contribution < -0.4 is 5.32 Å². The van der Waals surface area contributed by atoms with E-state index in [1.165, 1.54) is 11.8 Å². The van der Waals surface area contributed by atoms with E-state index in [1.54, 1.807) is 6.07 Å². The first-order valence-corrected chi connectivity index (χ1v) is 9.21. The zero-order valence-corrected chi connectivity index (χ0v) is 16.2. The summed E-state index contributed by atoms with van der Waals surface area (Å²) in [7, 11) is 0. The molecule has 0 aliphatic rings. The zero-order chi connectivity index (χ0) is 18.9. The fourth-order valence-electron chi connectivity index (χ4n) is 2.57.